The van der Waals surface area contributed by atoms with E-state index in [0.717, 1.165) is 5.56 Å². The molecule has 0 unspecified atom stereocenters. The maximum Gasteiger partial charge on any atom is 0.513 e. The van der Waals surface area contributed by atoms with Crippen molar-refractivity contribution < 1.29 is 28.6 Å². The fraction of sp³-hybridized carbons (Fsp3) is 0.160. The SMILES string of the molecule is CCOC(=O)Oc1ccc(C(=O)Nc2ccc(NC(=O)COc3ccc(C)cc3)cc2)cc1. The highest BCUT2D eigenvalue weighted by atomic mass is 16.7. The molecular weight excluding hydrogens is 424 g/mol. The van der Waals surface area contributed by atoms with Crippen LogP contribution in [0.4, 0.5) is 16.2 Å². The quantitative estimate of drug-likeness (QED) is 0.379. The summed E-state index contributed by atoms with van der Waals surface area (Å²) in [7, 11) is 0. The Bertz CT molecular complexity index is 1090. The van der Waals surface area contributed by atoms with Crippen molar-refractivity contribution in [2.45, 2.75) is 13.8 Å². The van der Waals surface area contributed by atoms with Crippen molar-refractivity contribution in [2.75, 3.05) is 23.8 Å². The summed E-state index contributed by atoms with van der Waals surface area (Å²) in [4.78, 5) is 35.8. The average molecular weight is 448 g/mol. The van der Waals surface area contributed by atoms with Gasteiger partial charge in [-0.1, -0.05) is 17.7 Å². The Hall–Kier alpha value is -4.33. The molecule has 8 heteroatoms. The van der Waals surface area contributed by atoms with Crippen molar-refractivity contribution in [1.29, 1.82) is 0 Å². The van der Waals surface area contributed by atoms with Crippen LogP contribution in [0.5, 0.6) is 11.5 Å². The predicted molar refractivity (Wildman–Crippen MR) is 124 cm³/mol. The third-order valence-electron chi connectivity index (χ3n) is 4.40. The van der Waals surface area contributed by atoms with Crippen LogP contribution in [0.3, 0.4) is 0 Å². The molecule has 0 aliphatic carbocycles. The van der Waals surface area contributed by atoms with Crippen LogP contribution >= 0.6 is 0 Å². The highest BCUT2D eigenvalue weighted by Gasteiger charge is 2.09. The number of ether oxygens (including phenoxy) is 3. The lowest BCUT2D eigenvalue weighted by Crippen LogP contribution is -2.20. The number of benzene rings is 3. The molecule has 0 aliphatic rings. The van der Waals surface area contributed by atoms with E-state index < -0.39 is 6.16 Å². The highest BCUT2D eigenvalue weighted by Crippen LogP contribution is 2.17. The minimum atomic E-state index is -0.802. The molecule has 3 aromatic rings. The third-order valence-corrected chi connectivity index (χ3v) is 4.40. The number of nitrogens with one attached hydrogen (secondary N) is 2. The molecule has 0 spiro atoms. The van der Waals surface area contributed by atoms with E-state index in [1.54, 1.807) is 43.3 Å². The maximum atomic E-state index is 12.4. The largest absolute Gasteiger partial charge is 0.513 e. The summed E-state index contributed by atoms with van der Waals surface area (Å²) in [5.74, 6) is 0.268. The summed E-state index contributed by atoms with van der Waals surface area (Å²) in [6.45, 7) is 3.75. The van der Waals surface area contributed by atoms with Crippen molar-refractivity contribution in [3.63, 3.8) is 0 Å². The number of carbonyl (C=O) groups is 3. The van der Waals surface area contributed by atoms with Crippen molar-refractivity contribution >= 4 is 29.3 Å². The zero-order chi connectivity index (χ0) is 23.6. The molecule has 3 rings (SSSR count). The highest BCUT2D eigenvalue weighted by molar-refractivity contribution is 6.04. The second-order valence-electron chi connectivity index (χ2n) is 6.99. The summed E-state index contributed by atoms with van der Waals surface area (Å²) < 4.78 is 15.1. The first-order valence-corrected chi connectivity index (χ1v) is 10.3. The number of hydrogen-bond donors (Lipinski definition) is 2. The van der Waals surface area contributed by atoms with E-state index in [-0.39, 0.29) is 30.8 Å². The van der Waals surface area contributed by atoms with Crippen LogP contribution < -0.4 is 20.1 Å². The number of rotatable bonds is 8. The lowest BCUT2D eigenvalue weighted by molar-refractivity contribution is -0.118. The summed E-state index contributed by atoms with van der Waals surface area (Å²) >= 11 is 0. The summed E-state index contributed by atoms with van der Waals surface area (Å²) in [6.07, 6.45) is -0.802. The molecule has 0 heterocycles. The molecule has 2 N–H and O–H groups in total. The Morgan fingerprint density at radius 1 is 0.758 bits per heavy atom. The van der Waals surface area contributed by atoms with E-state index in [2.05, 4.69) is 10.6 Å². The van der Waals surface area contributed by atoms with Gasteiger partial charge in [0.2, 0.25) is 0 Å². The average Bonchev–Trinajstić information content (AvgIpc) is 2.80. The van der Waals surface area contributed by atoms with Gasteiger partial charge < -0.3 is 24.8 Å². The fourth-order valence-electron chi connectivity index (χ4n) is 2.74. The van der Waals surface area contributed by atoms with Gasteiger partial charge in [-0.05, 0) is 74.5 Å². The van der Waals surface area contributed by atoms with Gasteiger partial charge in [0.15, 0.2) is 6.61 Å². The van der Waals surface area contributed by atoms with Crippen LogP contribution in [0.2, 0.25) is 0 Å². The number of amides is 2. The van der Waals surface area contributed by atoms with E-state index >= 15 is 0 Å². The van der Waals surface area contributed by atoms with Crippen LogP contribution in [0.25, 0.3) is 0 Å². The summed E-state index contributed by atoms with van der Waals surface area (Å²) in [6, 6.07) is 20.2. The number of anilines is 2. The Balaban J connectivity index is 1.48. The fourth-order valence-corrected chi connectivity index (χ4v) is 2.74. The van der Waals surface area contributed by atoms with Crippen molar-refractivity contribution in [2.24, 2.45) is 0 Å². The van der Waals surface area contributed by atoms with Gasteiger partial charge in [-0.3, -0.25) is 9.59 Å². The Kier molecular flexibility index (Phi) is 8.02. The first-order valence-electron chi connectivity index (χ1n) is 10.3. The third kappa shape index (κ3) is 7.39. The van der Waals surface area contributed by atoms with Gasteiger partial charge in [0.1, 0.15) is 11.5 Å². The van der Waals surface area contributed by atoms with E-state index in [1.807, 2.05) is 19.1 Å². The minimum absolute atomic E-state index is 0.114. The van der Waals surface area contributed by atoms with Gasteiger partial charge in [0.25, 0.3) is 11.8 Å². The smallest absolute Gasteiger partial charge is 0.484 e. The monoisotopic (exact) mass is 448 g/mol. The Morgan fingerprint density at radius 3 is 1.94 bits per heavy atom. The predicted octanol–water partition coefficient (Wildman–Crippen LogP) is 4.80. The summed E-state index contributed by atoms with van der Waals surface area (Å²) in [5.41, 5.74) is 2.63. The molecule has 170 valence electrons. The maximum absolute atomic E-state index is 12.4. The van der Waals surface area contributed by atoms with Gasteiger partial charge in [0, 0.05) is 16.9 Å². The number of aryl methyl sites for hydroxylation is 1. The molecule has 33 heavy (non-hydrogen) atoms. The molecule has 0 aromatic heterocycles. The molecule has 0 radical (unpaired) electrons. The van der Waals surface area contributed by atoms with Crippen LogP contribution in [0.1, 0.15) is 22.8 Å². The van der Waals surface area contributed by atoms with Gasteiger partial charge in [-0.2, -0.15) is 0 Å². The Labute approximate surface area is 191 Å². The minimum Gasteiger partial charge on any atom is -0.484 e. The zero-order valence-electron chi connectivity index (χ0n) is 18.3. The van der Waals surface area contributed by atoms with Crippen molar-refractivity contribution in [1.82, 2.24) is 0 Å². The van der Waals surface area contributed by atoms with Crippen molar-refractivity contribution in [3.05, 3.63) is 83.9 Å². The topological polar surface area (TPSA) is 103 Å². The Morgan fingerprint density at radius 2 is 1.33 bits per heavy atom. The zero-order valence-corrected chi connectivity index (χ0v) is 18.3. The van der Waals surface area contributed by atoms with Crippen LogP contribution in [-0.4, -0.2) is 31.2 Å². The molecule has 0 aliphatic heterocycles. The van der Waals surface area contributed by atoms with Crippen LogP contribution in [0.15, 0.2) is 72.8 Å². The van der Waals surface area contributed by atoms with Gasteiger partial charge in [-0.25, -0.2) is 4.79 Å². The number of hydrogen-bond acceptors (Lipinski definition) is 6. The molecule has 0 saturated carbocycles. The lowest BCUT2D eigenvalue weighted by atomic mass is 10.2. The van der Waals surface area contributed by atoms with Gasteiger partial charge in [-0.15, -0.1) is 0 Å². The summed E-state index contributed by atoms with van der Waals surface area (Å²) in [5, 5.41) is 5.50. The molecule has 8 nitrogen and oxygen atoms in total. The standard InChI is InChI=1S/C25H24N2O6/c1-3-31-25(30)33-22-14-6-18(7-15-22)24(29)27-20-10-8-19(9-11-20)26-23(28)16-32-21-12-4-17(2)5-13-21/h4-15H,3,16H2,1-2H3,(H,26,28)(H,27,29). The molecule has 3 aromatic carbocycles. The molecule has 0 fully saturated rings. The molecule has 0 atom stereocenters. The van der Waals surface area contributed by atoms with E-state index in [9.17, 15) is 14.4 Å². The lowest BCUT2D eigenvalue weighted by Gasteiger charge is -2.09. The first-order chi connectivity index (χ1) is 15.9. The molecule has 2 amide bonds. The van der Waals surface area contributed by atoms with Crippen LogP contribution in [-0.2, 0) is 9.53 Å². The molecule has 0 saturated heterocycles. The second-order valence-corrected chi connectivity index (χ2v) is 6.99. The van der Waals surface area contributed by atoms with Gasteiger partial charge >= 0.3 is 6.16 Å². The second kappa shape index (κ2) is 11.3. The van der Waals surface area contributed by atoms with E-state index in [1.165, 1.54) is 24.3 Å². The van der Waals surface area contributed by atoms with E-state index in [4.69, 9.17) is 14.2 Å². The van der Waals surface area contributed by atoms with E-state index in [0.29, 0.717) is 22.7 Å². The van der Waals surface area contributed by atoms with Crippen molar-refractivity contribution in [3.8, 4) is 11.5 Å². The molecular formula is C25H24N2O6. The van der Waals surface area contributed by atoms with Crippen LogP contribution in [0, 0.1) is 6.92 Å². The normalized spacial score (nSPS) is 10.1. The molecule has 0 bridgehead atoms. The first kappa shape index (κ1) is 23.3. The van der Waals surface area contributed by atoms with Gasteiger partial charge in [0.05, 0.1) is 6.61 Å². The number of carbonyl (C=O) groups excluding carboxylic acids is 3.